The molecule has 5 heteroatoms. The van der Waals surface area contributed by atoms with Crippen molar-refractivity contribution >= 4 is 5.97 Å². The molecule has 134 valence electrons. The first-order valence-electron chi connectivity index (χ1n) is 8.23. The fraction of sp³-hybridized carbons (Fsp3) is 0.350. The number of carboxylic acid groups (broad SMARTS) is 1. The molecule has 0 radical (unpaired) electrons. The van der Waals surface area contributed by atoms with Crippen LogP contribution in [0.15, 0.2) is 48.5 Å². The number of ether oxygens (including phenoxy) is 2. The van der Waals surface area contributed by atoms with Crippen molar-refractivity contribution in [2.24, 2.45) is 0 Å². The number of aliphatic carboxylic acids is 1. The highest BCUT2D eigenvalue weighted by molar-refractivity contribution is 5.76. The van der Waals surface area contributed by atoms with E-state index in [-0.39, 0.29) is 0 Å². The summed E-state index contributed by atoms with van der Waals surface area (Å²) >= 11 is 0. The molecule has 2 aromatic carbocycles. The molecule has 2 rings (SSSR count). The second-order valence-corrected chi connectivity index (χ2v) is 6.17. The van der Waals surface area contributed by atoms with Crippen LogP contribution in [-0.4, -0.2) is 50.3 Å². The number of hydrogen-bond acceptors (Lipinski definition) is 4. The number of carboxylic acids is 1. The maximum atomic E-state index is 11.7. The molecule has 25 heavy (non-hydrogen) atoms. The summed E-state index contributed by atoms with van der Waals surface area (Å²) in [6, 6.07) is 14.8. The van der Waals surface area contributed by atoms with Gasteiger partial charge < -0.3 is 19.5 Å². The van der Waals surface area contributed by atoms with E-state index in [4.69, 9.17) is 9.47 Å². The fourth-order valence-electron chi connectivity index (χ4n) is 2.53. The molecule has 0 saturated heterocycles. The molecule has 2 aromatic rings. The molecule has 0 saturated carbocycles. The summed E-state index contributed by atoms with van der Waals surface area (Å²) < 4.78 is 10.9. The molecule has 1 N–H and O–H groups in total. The standard InChI is InChI=1S/C20H25NO4/c1-21(2)11-12-25-18-6-4-5-15(13-18)14-19(20(22)23)16-7-9-17(24-3)10-8-16/h4-10,13,19H,11-12,14H2,1-3H3,(H,22,23). The summed E-state index contributed by atoms with van der Waals surface area (Å²) in [5, 5.41) is 9.62. The first-order valence-corrected chi connectivity index (χ1v) is 8.23. The van der Waals surface area contributed by atoms with Crippen molar-refractivity contribution in [3.63, 3.8) is 0 Å². The van der Waals surface area contributed by atoms with E-state index in [9.17, 15) is 9.90 Å². The molecule has 0 bridgehead atoms. The summed E-state index contributed by atoms with van der Waals surface area (Å²) in [6.07, 6.45) is 0.409. The van der Waals surface area contributed by atoms with Crippen LogP contribution in [0.2, 0.25) is 0 Å². The van der Waals surface area contributed by atoms with Gasteiger partial charge in [0.15, 0.2) is 0 Å². The lowest BCUT2D eigenvalue weighted by molar-refractivity contribution is -0.138. The first-order chi connectivity index (χ1) is 12.0. The van der Waals surface area contributed by atoms with Crippen molar-refractivity contribution in [1.29, 1.82) is 0 Å². The number of benzene rings is 2. The van der Waals surface area contributed by atoms with Crippen LogP contribution in [0.1, 0.15) is 17.0 Å². The lowest BCUT2D eigenvalue weighted by Crippen LogP contribution is -2.19. The third-order valence-corrected chi connectivity index (χ3v) is 3.96. The van der Waals surface area contributed by atoms with E-state index in [1.807, 2.05) is 43.3 Å². The van der Waals surface area contributed by atoms with E-state index < -0.39 is 11.9 Å². The van der Waals surface area contributed by atoms with Gasteiger partial charge in [-0.05, 0) is 55.9 Å². The van der Waals surface area contributed by atoms with Crippen LogP contribution in [0.5, 0.6) is 11.5 Å². The average Bonchev–Trinajstić information content (AvgIpc) is 2.60. The molecular weight excluding hydrogens is 318 g/mol. The summed E-state index contributed by atoms with van der Waals surface area (Å²) in [7, 11) is 5.57. The van der Waals surface area contributed by atoms with Crippen molar-refractivity contribution in [3.05, 3.63) is 59.7 Å². The lowest BCUT2D eigenvalue weighted by Gasteiger charge is -2.15. The predicted molar refractivity (Wildman–Crippen MR) is 97.6 cm³/mol. The van der Waals surface area contributed by atoms with E-state index in [0.29, 0.717) is 18.8 Å². The van der Waals surface area contributed by atoms with Gasteiger partial charge in [-0.3, -0.25) is 4.79 Å². The van der Waals surface area contributed by atoms with Gasteiger partial charge in [0.25, 0.3) is 0 Å². The minimum atomic E-state index is -0.843. The highest BCUT2D eigenvalue weighted by Crippen LogP contribution is 2.25. The quantitative estimate of drug-likeness (QED) is 0.758. The Hall–Kier alpha value is -2.53. The van der Waals surface area contributed by atoms with Crippen LogP contribution in [0.3, 0.4) is 0 Å². The third-order valence-electron chi connectivity index (χ3n) is 3.96. The van der Waals surface area contributed by atoms with E-state index in [0.717, 1.165) is 23.4 Å². The van der Waals surface area contributed by atoms with Gasteiger partial charge in [0.05, 0.1) is 13.0 Å². The number of nitrogens with zero attached hydrogens (tertiary/aromatic N) is 1. The number of rotatable bonds is 9. The topological polar surface area (TPSA) is 59.0 Å². The van der Waals surface area contributed by atoms with E-state index in [2.05, 4.69) is 0 Å². The fourth-order valence-corrected chi connectivity index (χ4v) is 2.53. The highest BCUT2D eigenvalue weighted by Gasteiger charge is 2.20. The Bertz CT molecular complexity index is 682. The number of carbonyl (C=O) groups is 1. The first kappa shape index (κ1) is 18.8. The summed E-state index contributed by atoms with van der Waals surface area (Å²) in [5.41, 5.74) is 1.69. The molecule has 0 heterocycles. The highest BCUT2D eigenvalue weighted by atomic mass is 16.5. The largest absolute Gasteiger partial charge is 0.497 e. The summed E-state index contributed by atoms with van der Waals surface area (Å²) in [4.78, 5) is 13.8. The molecule has 0 aromatic heterocycles. The Labute approximate surface area is 148 Å². The monoisotopic (exact) mass is 343 g/mol. The maximum absolute atomic E-state index is 11.7. The Kier molecular flexibility index (Phi) is 6.83. The smallest absolute Gasteiger partial charge is 0.311 e. The molecule has 0 spiro atoms. The Morgan fingerprint density at radius 2 is 1.84 bits per heavy atom. The second kappa shape index (κ2) is 9.08. The zero-order valence-electron chi connectivity index (χ0n) is 14.9. The minimum Gasteiger partial charge on any atom is -0.497 e. The van der Waals surface area contributed by atoms with Gasteiger partial charge in [0, 0.05) is 6.54 Å². The van der Waals surface area contributed by atoms with Crippen molar-refractivity contribution in [2.75, 3.05) is 34.4 Å². The van der Waals surface area contributed by atoms with Gasteiger partial charge in [0.2, 0.25) is 0 Å². The number of hydrogen-bond donors (Lipinski definition) is 1. The van der Waals surface area contributed by atoms with Crippen LogP contribution in [0.4, 0.5) is 0 Å². The Morgan fingerprint density at radius 3 is 2.44 bits per heavy atom. The van der Waals surface area contributed by atoms with Gasteiger partial charge in [-0.1, -0.05) is 24.3 Å². The molecule has 1 atom stereocenters. The van der Waals surface area contributed by atoms with Crippen molar-refractivity contribution in [2.45, 2.75) is 12.3 Å². The maximum Gasteiger partial charge on any atom is 0.311 e. The molecule has 5 nitrogen and oxygen atoms in total. The van der Waals surface area contributed by atoms with E-state index in [1.54, 1.807) is 31.4 Å². The van der Waals surface area contributed by atoms with Crippen LogP contribution >= 0.6 is 0 Å². The van der Waals surface area contributed by atoms with Crippen LogP contribution < -0.4 is 9.47 Å². The molecule has 0 fully saturated rings. The molecular formula is C20H25NO4. The van der Waals surface area contributed by atoms with Crippen molar-refractivity contribution in [1.82, 2.24) is 4.90 Å². The molecule has 0 aliphatic carbocycles. The van der Waals surface area contributed by atoms with Gasteiger partial charge >= 0.3 is 5.97 Å². The minimum absolute atomic E-state index is 0.409. The van der Waals surface area contributed by atoms with Gasteiger partial charge in [-0.2, -0.15) is 0 Å². The summed E-state index contributed by atoms with van der Waals surface area (Å²) in [5.74, 6) is 0.0226. The van der Waals surface area contributed by atoms with Crippen LogP contribution in [-0.2, 0) is 11.2 Å². The number of likely N-dealkylation sites (N-methyl/N-ethyl adjacent to an activating group) is 1. The zero-order valence-corrected chi connectivity index (χ0v) is 14.9. The predicted octanol–water partition coefficient (Wildman–Crippen LogP) is 3.05. The van der Waals surface area contributed by atoms with Gasteiger partial charge in [0.1, 0.15) is 18.1 Å². The van der Waals surface area contributed by atoms with E-state index in [1.165, 1.54) is 0 Å². The average molecular weight is 343 g/mol. The molecule has 0 amide bonds. The Balaban J connectivity index is 2.09. The number of methoxy groups -OCH3 is 1. The van der Waals surface area contributed by atoms with Crippen LogP contribution in [0, 0.1) is 0 Å². The summed E-state index contributed by atoms with van der Waals surface area (Å²) in [6.45, 7) is 1.42. The molecule has 1 unspecified atom stereocenters. The van der Waals surface area contributed by atoms with Gasteiger partial charge in [-0.15, -0.1) is 0 Å². The van der Waals surface area contributed by atoms with E-state index >= 15 is 0 Å². The van der Waals surface area contributed by atoms with Crippen molar-refractivity contribution < 1.29 is 19.4 Å². The van der Waals surface area contributed by atoms with Gasteiger partial charge in [-0.25, -0.2) is 0 Å². The lowest BCUT2D eigenvalue weighted by atomic mass is 9.92. The molecule has 0 aliphatic heterocycles. The van der Waals surface area contributed by atoms with Crippen LogP contribution in [0.25, 0.3) is 0 Å². The zero-order chi connectivity index (χ0) is 18.2. The second-order valence-electron chi connectivity index (χ2n) is 6.17. The Morgan fingerprint density at radius 1 is 1.12 bits per heavy atom. The SMILES string of the molecule is COc1ccc(C(Cc2cccc(OCCN(C)C)c2)C(=O)O)cc1. The molecule has 0 aliphatic rings. The third kappa shape index (κ3) is 5.80. The normalized spacial score (nSPS) is 12.0. The van der Waals surface area contributed by atoms with Crippen molar-refractivity contribution in [3.8, 4) is 11.5 Å².